The van der Waals surface area contributed by atoms with Crippen LogP contribution in [0.25, 0.3) is 0 Å². The second-order valence-electron chi connectivity index (χ2n) is 4.53. The molecule has 15 heavy (non-hydrogen) atoms. The molecule has 2 aliphatic rings. The lowest BCUT2D eigenvalue weighted by molar-refractivity contribution is -0.136. The number of nitrogens with one attached hydrogen (secondary N) is 1. The topological polar surface area (TPSA) is 32.3 Å². The minimum atomic E-state index is 0.316. The highest BCUT2D eigenvalue weighted by atomic mass is 32.2. The summed E-state index contributed by atoms with van der Waals surface area (Å²) in [6.45, 7) is 4.89. The van der Waals surface area contributed by atoms with Gasteiger partial charge in [-0.25, -0.2) is 0 Å². The molecule has 86 valence electrons. The molecular weight excluding hydrogens is 208 g/mol. The van der Waals surface area contributed by atoms with Crippen LogP contribution in [0.3, 0.4) is 0 Å². The van der Waals surface area contributed by atoms with E-state index in [2.05, 4.69) is 17.1 Å². The second kappa shape index (κ2) is 5.21. The maximum atomic E-state index is 12.2. The molecule has 1 N–H and O–H groups in total. The van der Waals surface area contributed by atoms with E-state index in [4.69, 9.17) is 0 Å². The molecule has 0 aromatic carbocycles. The van der Waals surface area contributed by atoms with E-state index in [1.807, 2.05) is 11.8 Å². The van der Waals surface area contributed by atoms with Crippen LogP contribution in [0.5, 0.6) is 0 Å². The van der Waals surface area contributed by atoms with E-state index < -0.39 is 0 Å². The number of carbonyl (C=O) groups excluding carboxylic acids is 1. The molecular formula is C11H20N2OS. The minimum absolute atomic E-state index is 0.316. The first-order valence-corrected chi connectivity index (χ1v) is 7.03. The highest BCUT2D eigenvalue weighted by molar-refractivity contribution is 7.99. The summed E-state index contributed by atoms with van der Waals surface area (Å²) in [6, 6.07) is 0.459. The predicted octanol–water partition coefficient (Wildman–Crippen LogP) is 0.950. The maximum Gasteiger partial charge on any atom is 0.225 e. The third-order valence-electron chi connectivity index (χ3n) is 3.25. The van der Waals surface area contributed by atoms with Crippen LogP contribution in [-0.2, 0) is 4.79 Å². The highest BCUT2D eigenvalue weighted by Crippen LogP contribution is 2.24. The molecule has 0 radical (unpaired) electrons. The van der Waals surface area contributed by atoms with Gasteiger partial charge in [0.05, 0.1) is 0 Å². The molecule has 2 fully saturated rings. The monoisotopic (exact) mass is 228 g/mol. The first-order valence-electron chi connectivity index (χ1n) is 5.87. The molecule has 3 nitrogen and oxygen atoms in total. The van der Waals surface area contributed by atoms with Gasteiger partial charge in [-0.1, -0.05) is 0 Å². The van der Waals surface area contributed by atoms with E-state index in [-0.39, 0.29) is 0 Å². The van der Waals surface area contributed by atoms with Crippen molar-refractivity contribution in [1.29, 1.82) is 0 Å². The van der Waals surface area contributed by atoms with Crippen LogP contribution in [0.15, 0.2) is 0 Å². The van der Waals surface area contributed by atoms with Crippen molar-refractivity contribution in [2.24, 2.45) is 5.92 Å². The zero-order valence-corrected chi connectivity index (χ0v) is 10.2. The number of hydrogen-bond donors (Lipinski definition) is 1. The Morgan fingerprint density at radius 3 is 2.80 bits per heavy atom. The van der Waals surface area contributed by atoms with Gasteiger partial charge in [0.2, 0.25) is 5.91 Å². The molecule has 4 heteroatoms. The SMILES string of the molecule is C[C@@H]1CN(C(=O)C2CCSCC2)CCN1. The van der Waals surface area contributed by atoms with E-state index in [9.17, 15) is 4.79 Å². The Hall–Kier alpha value is -0.220. The second-order valence-corrected chi connectivity index (χ2v) is 5.75. The van der Waals surface area contributed by atoms with Gasteiger partial charge in [0, 0.05) is 31.6 Å². The third kappa shape index (κ3) is 2.88. The lowest BCUT2D eigenvalue weighted by Gasteiger charge is -2.35. The molecule has 1 amide bonds. The Labute approximate surface area is 96.0 Å². The molecule has 0 saturated carbocycles. The van der Waals surface area contributed by atoms with Gasteiger partial charge in [0.15, 0.2) is 0 Å². The molecule has 2 saturated heterocycles. The summed E-state index contributed by atoms with van der Waals surface area (Å²) in [5, 5.41) is 3.37. The number of hydrogen-bond acceptors (Lipinski definition) is 3. The fourth-order valence-electron chi connectivity index (χ4n) is 2.34. The van der Waals surface area contributed by atoms with Gasteiger partial charge in [-0.3, -0.25) is 4.79 Å². The fourth-order valence-corrected chi connectivity index (χ4v) is 3.44. The van der Waals surface area contributed by atoms with E-state index >= 15 is 0 Å². The van der Waals surface area contributed by atoms with Gasteiger partial charge in [0.25, 0.3) is 0 Å². The van der Waals surface area contributed by atoms with Gasteiger partial charge < -0.3 is 10.2 Å². The van der Waals surface area contributed by atoms with Crippen molar-refractivity contribution >= 4 is 17.7 Å². The summed E-state index contributed by atoms with van der Waals surface area (Å²) < 4.78 is 0. The summed E-state index contributed by atoms with van der Waals surface area (Å²) in [7, 11) is 0. The molecule has 2 heterocycles. The summed E-state index contributed by atoms with van der Waals surface area (Å²) >= 11 is 1.98. The first-order chi connectivity index (χ1) is 7.27. The van der Waals surface area contributed by atoms with Crippen molar-refractivity contribution in [3.8, 4) is 0 Å². The zero-order chi connectivity index (χ0) is 10.7. The van der Waals surface area contributed by atoms with Crippen molar-refractivity contribution in [3.63, 3.8) is 0 Å². The van der Waals surface area contributed by atoms with Crippen LogP contribution in [0.1, 0.15) is 19.8 Å². The number of amides is 1. The van der Waals surface area contributed by atoms with Gasteiger partial charge in [-0.05, 0) is 31.3 Å². The Bertz CT molecular complexity index is 229. The summed E-state index contributed by atoms with van der Waals surface area (Å²) in [5.41, 5.74) is 0. The normalized spacial score (nSPS) is 29.1. The first kappa shape index (κ1) is 11.3. The molecule has 2 aliphatic heterocycles. The predicted molar refractivity (Wildman–Crippen MR) is 64.1 cm³/mol. The van der Waals surface area contributed by atoms with E-state index in [0.717, 1.165) is 44.0 Å². The molecule has 0 bridgehead atoms. The van der Waals surface area contributed by atoms with Crippen molar-refractivity contribution < 1.29 is 4.79 Å². The molecule has 0 aromatic heterocycles. The van der Waals surface area contributed by atoms with E-state index in [0.29, 0.717) is 17.9 Å². The van der Waals surface area contributed by atoms with Crippen LogP contribution < -0.4 is 5.32 Å². The van der Waals surface area contributed by atoms with Crippen LogP contribution in [0.2, 0.25) is 0 Å². The number of nitrogens with zero attached hydrogens (tertiary/aromatic N) is 1. The number of piperazine rings is 1. The van der Waals surface area contributed by atoms with Crippen molar-refractivity contribution in [3.05, 3.63) is 0 Å². The highest BCUT2D eigenvalue weighted by Gasteiger charge is 2.28. The standard InChI is InChI=1S/C11H20N2OS/c1-9-8-13(5-4-12-9)11(14)10-2-6-15-7-3-10/h9-10,12H,2-8H2,1H3/t9-/m1/s1. The van der Waals surface area contributed by atoms with Crippen molar-refractivity contribution in [1.82, 2.24) is 10.2 Å². The van der Waals surface area contributed by atoms with Gasteiger partial charge in [0.1, 0.15) is 0 Å². The van der Waals surface area contributed by atoms with Gasteiger partial charge in [-0.2, -0.15) is 11.8 Å². The van der Waals surface area contributed by atoms with Crippen LogP contribution in [0, 0.1) is 5.92 Å². The van der Waals surface area contributed by atoms with E-state index in [1.165, 1.54) is 0 Å². The Morgan fingerprint density at radius 2 is 2.13 bits per heavy atom. The van der Waals surface area contributed by atoms with Crippen LogP contribution in [-0.4, -0.2) is 48.0 Å². The Kier molecular flexibility index (Phi) is 3.92. The molecule has 0 spiro atoms. The molecule has 2 rings (SSSR count). The minimum Gasteiger partial charge on any atom is -0.340 e. The smallest absolute Gasteiger partial charge is 0.225 e. The quantitative estimate of drug-likeness (QED) is 0.725. The molecule has 0 unspecified atom stereocenters. The maximum absolute atomic E-state index is 12.2. The van der Waals surface area contributed by atoms with Crippen LogP contribution in [0.4, 0.5) is 0 Å². The lowest BCUT2D eigenvalue weighted by Crippen LogP contribution is -2.53. The Balaban J connectivity index is 1.88. The van der Waals surface area contributed by atoms with Crippen LogP contribution >= 0.6 is 11.8 Å². The number of thioether (sulfide) groups is 1. The van der Waals surface area contributed by atoms with Crippen molar-refractivity contribution in [2.45, 2.75) is 25.8 Å². The van der Waals surface area contributed by atoms with E-state index in [1.54, 1.807) is 0 Å². The van der Waals surface area contributed by atoms with Gasteiger partial charge in [-0.15, -0.1) is 0 Å². The lowest BCUT2D eigenvalue weighted by atomic mass is 10.0. The van der Waals surface area contributed by atoms with Crippen molar-refractivity contribution in [2.75, 3.05) is 31.1 Å². The molecule has 1 atom stereocenters. The molecule has 0 aromatic rings. The molecule has 0 aliphatic carbocycles. The third-order valence-corrected chi connectivity index (χ3v) is 4.30. The zero-order valence-electron chi connectivity index (χ0n) is 9.37. The number of rotatable bonds is 1. The van der Waals surface area contributed by atoms with Gasteiger partial charge >= 0.3 is 0 Å². The average Bonchev–Trinajstić information content (AvgIpc) is 2.29. The fraction of sp³-hybridized carbons (Fsp3) is 0.909. The largest absolute Gasteiger partial charge is 0.340 e. The summed E-state index contributed by atoms with van der Waals surface area (Å²) in [6.07, 6.45) is 2.17. The average molecular weight is 228 g/mol. The Morgan fingerprint density at radius 1 is 1.40 bits per heavy atom. The summed E-state index contributed by atoms with van der Waals surface area (Å²) in [4.78, 5) is 14.2. The number of carbonyl (C=O) groups is 1. The summed E-state index contributed by atoms with van der Waals surface area (Å²) in [5.74, 6) is 3.05.